The van der Waals surface area contributed by atoms with Gasteiger partial charge in [0.05, 0.1) is 0 Å². The Morgan fingerprint density at radius 3 is 2.14 bits per heavy atom. The number of nitrogens with one attached hydrogen (secondary N) is 1. The van der Waals surface area contributed by atoms with Gasteiger partial charge < -0.3 is 10.2 Å². The summed E-state index contributed by atoms with van der Waals surface area (Å²) in [5, 5.41) is 2.80. The van der Waals surface area contributed by atoms with Crippen molar-refractivity contribution in [2.24, 2.45) is 0 Å². The van der Waals surface area contributed by atoms with Crippen LogP contribution >= 0.6 is 0 Å². The van der Waals surface area contributed by atoms with Gasteiger partial charge in [0.25, 0.3) is 0 Å². The minimum atomic E-state index is -0.186. The Labute approximate surface area is 131 Å². The van der Waals surface area contributed by atoms with Gasteiger partial charge in [-0.1, -0.05) is 37.8 Å². The maximum absolute atomic E-state index is 12.1. The van der Waals surface area contributed by atoms with Crippen LogP contribution in [0.2, 0.25) is 0 Å². The van der Waals surface area contributed by atoms with Gasteiger partial charge in [-0.2, -0.15) is 0 Å². The highest BCUT2D eigenvalue weighted by molar-refractivity contribution is 5.95. The third kappa shape index (κ3) is 4.74. The van der Waals surface area contributed by atoms with Crippen LogP contribution in [0, 0.1) is 0 Å². The van der Waals surface area contributed by atoms with Crippen LogP contribution < -0.4 is 5.32 Å². The minimum Gasteiger partial charge on any atom is -0.323 e. The Hall–Kier alpha value is -2.62. The number of carbonyl (C=O) groups excluding carboxylic acids is 2. The lowest BCUT2D eigenvalue weighted by atomic mass is 10.1. The minimum absolute atomic E-state index is 0. The van der Waals surface area contributed by atoms with Crippen molar-refractivity contribution in [3.63, 3.8) is 0 Å². The fourth-order valence-electron chi connectivity index (χ4n) is 1.94. The molecule has 2 aromatic carbocycles. The number of hydrogen-bond donors (Lipinski definition) is 1. The molecule has 0 heterocycles. The number of carbonyl (C=O) groups is 2. The summed E-state index contributed by atoms with van der Waals surface area (Å²) in [7, 11) is 1.74. The Bertz CT molecular complexity index is 621. The largest absolute Gasteiger partial charge is 0.323 e. The van der Waals surface area contributed by atoms with Crippen LogP contribution in [0.25, 0.3) is 0 Å². The Balaban J connectivity index is 0.00000242. The van der Waals surface area contributed by atoms with Gasteiger partial charge in [-0.25, -0.2) is 4.79 Å². The molecule has 4 heteroatoms. The zero-order valence-electron chi connectivity index (χ0n) is 12.2. The Kier molecular flexibility index (Phi) is 6.32. The standard InChI is InChI=1S/C17H18N2O2.CH4/c1-13(20)15-8-10-16(11-9-15)18-17(21)19(2)12-14-6-4-3-5-7-14;/h3-11H,12H2,1-2H3,(H,18,21);1H4. The summed E-state index contributed by atoms with van der Waals surface area (Å²) in [5.74, 6) is 0.00840. The van der Waals surface area contributed by atoms with Gasteiger partial charge in [0.15, 0.2) is 5.78 Å². The van der Waals surface area contributed by atoms with E-state index in [-0.39, 0.29) is 19.2 Å². The van der Waals surface area contributed by atoms with E-state index in [4.69, 9.17) is 0 Å². The number of Topliss-reactive ketones (excluding diaryl/α,β-unsaturated/α-hetero) is 1. The number of amides is 2. The SMILES string of the molecule is C.CC(=O)c1ccc(NC(=O)N(C)Cc2ccccc2)cc1. The van der Waals surface area contributed by atoms with Gasteiger partial charge in [-0.15, -0.1) is 0 Å². The van der Waals surface area contributed by atoms with Crippen molar-refractivity contribution in [3.8, 4) is 0 Å². The second-order valence-electron chi connectivity index (χ2n) is 4.91. The predicted molar refractivity (Wildman–Crippen MR) is 90.1 cm³/mol. The van der Waals surface area contributed by atoms with Crippen LogP contribution in [0.15, 0.2) is 54.6 Å². The van der Waals surface area contributed by atoms with E-state index in [0.29, 0.717) is 17.8 Å². The second kappa shape index (κ2) is 7.98. The molecule has 116 valence electrons. The monoisotopic (exact) mass is 298 g/mol. The molecule has 0 fully saturated rings. The highest BCUT2D eigenvalue weighted by Gasteiger charge is 2.09. The smallest absolute Gasteiger partial charge is 0.321 e. The molecule has 0 aliphatic rings. The summed E-state index contributed by atoms with van der Waals surface area (Å²) in [6.07, 6.45) is 0. The Morgan fingerprint density at radius 1 is 1.00 bits per heavy atom. The molecular formula is C18H22N2O2. The summed E-state index contributed by atoms with van der Waals surface area (Å²) in [6, 6.07) is 16.5. The van der Waals surface area contributed by atoms with E-state index in [1.54, 1.807) is 36.2 Å². The fourth-order valence-corrected chi connectivity index (χ4v) is 1.94. The topological polar surface area (TPSA) is 49.4 Å². The highest BCUT2D eigenvalue weighted by atomic mass is 16.2. The van der Waals surface area contributed by atoms with Gasteiger partial charge in [-0.3, -0.25) is 4.79 Å². The molecule has 22 heavy (non-hydrogen) atoms. The molecular weight excluding hydrogens is 276 g/mol. The number of rotatable bonds is 4. The molecule has 2 amide bonds. The quantitative estimate of drug-likeness (QED) is 0.860. The van der Waals surface area contributed by atoms with Crippen molar-refractivity contribution in [2.75, 3.05) is 12.4 Å². The number of hydrogen-bond acceptors (Lipinski definition) is 2. The molecule has 0 aliphatic heterocycles. The van der Waals surface area contributed by atoms with Crippen molar-refractivity contribution >= 4 is 17.5 Å². The van der Waals surface area contributed by atoms with Gasteiger partial charge in [0.1, 0.15) is 0 Å². The van der Waals surface area contributed by atoms with Crippen molar-refractivity contribution in [2.45, 2.75) is 20.9 Å². The molecule has 0 radical (unpaired) electrons. The van der Waals surface area contributed by atoms with Gasteiger partial charge in [0.2, 0.25) is 0 Å². The van der Waals surface area contributed by atoms with Crippen molar-refractivity contribution in [1.29, 1.82) is 0 Å². The van der Waals surface area contributed by atoms with E-state index in [0.717, 1.165) is 5.56 Å². The Morgan fingerprint density at radius 2 is 1.59 bits per heavy atom. The molecule has 2 aromatic rings. The molecule has 1 N–H and O–H groups in total. The van der Waals surface area contributed by atoms with E-state index >= 15 is 0 Å². The van der Waals surface area contributed by atoms with E-state index in [1.807, 2.05) is 30.3 Å². The average molecular weight is 298 g/mol. The van der Waals surface area contributed by atoms with E-state index in [9.17, 15) is 9.59 Å². The van der Waals surface area contributed by atoms with Crippen LogP contribution in [0.5, 0.6) is 0 Å². The molecule has 0 spiro atoms. The van der Waals surface area contributed by atoms with Crippen LogP contribution in [0.4, 0.5) is 10.5 Å². The van der Waals surface area contributed by atoms with E-state index in [1.165, 1.54) is 6.92 Å². The van der Waals surface area contributed by atoms with Gasteiger partial charge in [-0.05, 0) is 36.8 Å². The molecule has 0 saturated carbocycles. The maximum atomic E-state index is 12.1. The van der Waals surface area contributed by atoms with Crippen LogP contribution in [0.1, 0.15) is 30.3 Å². The summed E-state index contributed by atoms with van der Waals surface area (Å²) in [5.41, 5.74) is 2.37. The summed E-state index contributed by atoms with van der Waals surface area (Å²) >= 11 is 0. The average Bonchev–Trinajstić information content (AvgIpc) is 2.48. The molecule has 2 rings (SSSR count). The van der Waals surface area contributed by atoms with E-state index in [2.05, 4.69) is 5.32 Å². The number of benzene rings is 2. The first-order chi connectivity index (χ1) is 10.1. The lowest BCUT2D eigenvalue weighted by Gasteiger charge is -2.18. The molecule has 0 aliphatic carbocycles. The summed E-state index contributed by atoms with van der Waals surface area (Å²) < 4.78 is 0. The van der Waals surface area contributed by atoms with Crippen molar-refractivity contribution < 1.29 is 9.59 Å². The fraction of sp³-hybridized carbons (Fsp3) is 0.222. The zero-order chi connectivity index (χ0) is 15.2. The van der Waals surface area contributed by atoms with Gasteiger partial charge >= 0.3 is 6.03 Å². The molecule has 0 aromatic heterocycles. The number of ketones is 1. The number of urea groups is 1. The third-order valence-corrected chi connectivity index (χ3v) is 3.15. The third-order valence-electron chi connectivity index (χ3n) is 3.15. The lowest BCUT2D eigenvalue weighted by molar-refractivity contribution is 0.101. The first-order valence-electron chi connectivity index (χ1n) is 6.73. The molecule has 0 bridgehead atoms. The summed E-state index contributed by atoms with van der Waals surface area (Å²) in [6.45, 7) is 2.05. The first-order valence-corrected chi connectivity index (χ1v) is 6.73. The molecule has 4 nitrogen and oxygen atoms in total. The van der Waals surface area contributed by atoms with Crippen LogP contribution in [0.3, 0.4) is 0 Å². The second-order valence-corrected chi connectivity index (χ2v) is 4.91. The maximum Gasteiger partial charge on any atom is 0.321 e. The van der Waals surface area contributed by atoms with Crippen molar-refractivity contribution in [1.82, 2.24) is 4.90 Å². The normalized spacial score (nSPS) is 9.55. The molecule has 0 unspecified atom stereocenters. The van der Waals surface area contributed by atoms with Crippen LogP contribution in [-0.4, -0.2) is 23.8 Å². The summed E-state index contributed by atoms with van der Waals surface area (Å²) in [4.78, 5) is 24.9. The van der Waals surface area contributed by atoms with Crippen molar-refractivity contribution in [3.05, 3.63) is 65.7 Å². The predicted octanol–water partition coefficient (Wildman–Crippen LogP) is 4.19. The van der Waals surface area contributed by atoms with Gasteiger partial charge in [0, 0.05) is 24.8 Å². The molecule has 0 atom stereocenters. The highest BCUT2D eigenvalue weighted by Crippen LogP contribution is 2.11. The zero-order valence-corrected chi connectivity index (χ0v) is 12.2. The number of anilines is 1. The molecule has 0 saturated heterocycles. The lowest BCUT2D eigenvalue weighted by Crippen LogP contribution is -2.30. The van der Waals surface area contributed by atoms with Crippen LogP contribution in [-0.2, 0) is 6.54 Å². The first kappa shape index (κ1) is 17.4. The van der Waals surface area contributed by atoms with E-state index < -0.39 is 0 Å². The number of nitrogens with zero attached hydrogens (tertiary/aromatic N) is 1.